The van der Waals surface area contributed by atoms with E-state index in [9.17, 15) is 4.79 Å². The molecule has 1 amide bonds. The van der Waals surface area contributed by atoms with Crippen LogP contribution in [-0.4, -0.2) is 17.9 Å². The van der Waals surface area contributed by atoms with Gasteiger partial charge in [0.1, 0.15) is 0 Å². The third-order valence-electron chi connectivity index (χ3n) is 3.26. The fourth-order valence-electron chi connectivity index (χ4n) is 2.06. The molecule has 2 nitrogen and oxygen atoms in total. The summed E-state index contributed by atoms with van der Waals surface area (Å²) in [5.74, 6) is 0.0682. The number of nitrogens with zero attached hydrogens (tertiary/aromatic N) is 1. The molecule has 0 fully saturated rings. The molecular weight excluding hydrogens is 234 g/mol. The number of carbonyl (C=O) groups is 1. The Labute approximate surface area is 114 Å². The highest BCUT2D eigenvalue weighted by Crippen LogP contribution is 2.12. The van der Waals surface area contributed by atoms with Crippen LogP contribution in [0.1, 0.15) is 27.0 Å². The SMILES string of the molecule is Cc1ccc(CN(C)C(=O)c2ccccc2C)cc1. The van der Waals surface area contributed by atoms with Gasteiger partial charge in [-0.25, -0.2) is 0 Å². The van der Waals surface area contributed by atoms with Crippen LogP contribution in [0, 0.1) is 13.8 Å². The summed E-state index contributed by atoms with van der Waals surface area (Å²) in [6.07, 6.45) is 0. The molecule has 19 heavy (non-hydrogen) atoms. The number of amides is 1. The van der Waals surface area contributed by atoms with E-state index in [1.165, 1.54) is 5.56 Å². The smallest absolute Gasteiger partial charge is 0.254 e. The van der Waals surface area contributed by atoms with E-state index >= 15 is 0 Å². The first-order valence-electron chi connectivity index (χ1n) is 6.44. The lowest BCUT2D eigenvalue weighted by Gasteiger charge is -2.18. The van der Waals surface area contributed by atoms with Crippen LogP contribution in [-0.2, 0) is 6.54 Å². The molecule has 0 unspecified atom stereocenters. The second-order valence-corrected chi connectivity index (χ2v) is 4.96. The van der Waals surface area contributed by atoms with E-state index in [0.29, 0.717) is 6.54 Å². The van der Waals surface area contributed by atoms with Crippen LogP contribution in [0.2, 0.25) is 0 Å². The molecule has 0 N–H and O–H groups in total. The predicted molar refractivity (Wildman–Crippen MR) is 78.2 cm³/mol. The fraction of sp³-hybridized carbons (Fsp3) is 0.235. The molecule has 0 saturated heterocycles. The number of aryl methyl sites for hydroxylation is 2. The Balaban J connectivity index is 2.12. The Morgan fingerprint density at radius 3 is 2.26 bits per heavy atom. The number of benzene rings is 2. The van der Waals surface area contributed by atoms with Gasteiger partial charge < -0.3 is 4.90 Å². The molecule has 0 aliphatic carbocycles. The van der Waals surface area contributed by atoms with E-state index < -0.39 is 0 Å². The van der Waals surface area contributed by atoms with Gasteiger partial charge in [0, 0.05) is 19.2 Å². The maximum atomic E-state index is 12.4. The molecule has 98 valence electrons. The maximum Gasteiger partial charge on any atom is 0.254 e. The van der Waals surface area contributed by atoms with Crippen LogP contribution in [0.3, 0.4) is 0 Å². The molecule has 0 heterocycles. The summed E-state index contributed by atoms with van der Waals surface area (Å²) in [6, 6.07) is 16.0. The topological polar surface area (TPSA) is 20.3 Å². The number of hydrogen-bond donors (Lipinski definition) is 0. The van der Waals surface area contributed by atoms with Gasteiger partial charge >= 0.3 is 0 Å². The van der Waals surface area contributed by atoms with E-state index in [0.717, 1.165) is 16.7 Å². The quantitative estimate of drug-likeness (QED) is 0.818. The molecule has 0 aliphatic heterocycles. The van der Waals surface area contributed by atoms with Crippen LogP contribution >= 0.6 is 0 Å². The van der Waals surface area contributed by atoms with Gasteiger partial charge in [-0.05, 0) is 31.0 Å². The highest BCUT2D eigenvalue weighted by Gasteiger charge is 2.13. The van der Waals surface area contributed by atoms with Crippen molar-refractivity contribution < 1.29 is 4.79 Å². The lowest BCUT2D eigenvalue weighted by molar-refractivity contribution is 0.0784. The normalized spacial score (nSPS) is 10.3. The van der Waals surface area contributed by atoms with Crippen molar-refractivity contribution in [1.82, 2.24) is 4.90 Å². The molecule has 0 spiro atoms. The Morgan fingerprint density at radius 2 is 1.63 bits per heavy atom. The van der Waals surface area contributed by atoms with E-state index in [2.05, 4.69) is 31.2 Å². The van der Waals surface area contributed by atoms with Gasteiger partial charge in [-0.1, -0.05) is 48.0 Å². The van der Waals surface area contributed by atoms with Crippen molar-refractivity contribution in [2.24, 2.45) is 0 Å². The molecule has 2 aromatic carbocycles. The minimum Gasteiger partial charge on any atom is -0.337 e. The van der Waals surface area contributed by atoms with Crippen molar-refractivity contribution in [2.75, 3.05) is 7.05 Å². The van der Waals surface area contributed by atoms with Crippen molar-refractivity contribution in [3.8, 4) is 0 Å². The van der Waals surface area contributed by atoms with Gasteiger partial charge in [-0.3, -0.25) is 4.79 Å². The number of carbonyl (C=O) groups excluding carboxylic acids is 1. The minimum atomic E-state index is 0.0682. The molecule has 2 heteroatoms. The second kappa shape index (κ2) is 5.70. The summed E-state index contributed by atoms with van der Waals surface area (Å²) in [5.41, 5.74) is 4.17. The number of rotatable bonds is 3. The Bertz CT molecular complexity index is 572. The van der Waals surface area contributed by atoms with Crippen LogP contribution < -0.4 is 0 Å². The van der Waals surface area contributed by atoms with Crippen LogP contribution in [0.25, 0.3) is 0 Å². The van der Waals surface area contributed by atoms with Crippen molar-refractivity contribution in [1.29, 1.82) is 0 Å². The standard InChI is InChI=1S/C17H19NO/c1-13-8-10-15(11-9-13)12-18(3)17(19)16-7-5-4-6-14(16)2/h4-11H,12H2,1-3H3. The van der Waals surface area contributed by atoms with Crippen molar-refractivity contribution >= 4 is 5.91 Å². The van der Waals surface area contributed by atoms with Crippen LogP contribution in [0.4, 0.5) is 0 Å². The van der Waals surface area contributed by atoms with Crippen molar-refractivity contribution in [2.45, 2.75) is 20.4 Å². The predicted octanol–water partition coefficient (Wildman–Crippen LogP) is 3.58. The minimum absolute atomic E-state index is 0.0682. The Morgan fingerprint density at radius 1 is 1.00 bits per heavy atom. The first kappa shape index (κ1) is 13.3. The molecule has 0 radical (unpaired) electrons. The molecule has 0 saturated carbocycles. The van der Waals surface area contributed by atoms with Crippen molar-refractivity contribution in [3.05, 3.63) is 70.8 Å². The monoisotopic (exact) mass is 253 g/mol. The Kier molecular flexibility index (Phi) is 4.00. The lowest BCUT2D eigenvalue weighted by Crippen LogP contribution is -2.26. The molecule has 0 bridgehead atoms. The summed E-state index contributed by atoms with van der Waals surface area (Å²) in [5, 5.41) is 0. The van der Waals surface area contributed by atoms with Gasteiger partial charge in [0.15, 0.2) is 0 Å². The first-order chi connectivity index (χ1) is 9.08. The zero-order valence-corrected chi connectivity index (χ0v) is 11.7. The molecule has 0 aliphatic rings. The van der Waals surface area contributed by atoms with Gasteiger partial charge in [-0.15, -0.1) is 0 Å². The van der Waals surface area contributed by atoms with Crippen LogP contribution in [0.5, 0.6) is 0 Å². The van der Waals surface area contributed by atoms with E-state index in [-0.39, 0.29) is 5.91 Å². The maximum absolute atomic E-state index is 12.4. The summed E-state index contributed by atoms with van der Waals surface area (Å²) in [4.78, 5) is 14.1. The second-order valence-electron chi connectivity index (χ2n) is 4.96. The average Bonchev–Trinajstić information content (AvgIpc) is 2.41. The van der Waals surface area contributed by atoms with Gasteiger partial charge in [0.05, 0.1) is 0 Å². The first-order valence-corrected chi connectivity index (χ1v) is 6.44. The van der Waals surface area contributed by atoms with E-state index in [4.69, 9.17) is 0 Å². The molecule has 2 aromatic rings. The summed E-state index contributed by atoms with van der Waals surface area (Å²) in [6.45, 7) is 4.66. The van der Waals surface area contributed by atoms with Gasteiger partial charge in [0.2, 0.25) is 0 Å². The Hall–Kier alpha value is -2.09. The summed E-state index contributed by atoms with van der Waals surface area (Å²) in [7, 11) is 1.84. The third kappa shape index (κ3) is 3.22. The lowest BCUT2D eigenvalue weighted by atomic mass is 10.1. The number of hydrogen-bond acceptors (Lipinski definition) is 1. The largest absolute Gasteiger partial charge is 0.337 e. The highest BCUT2D eigenvalue weighted by atomic mass is 16.2. The van der Waals surface area contributed by atoms with E-state index in [1.807, 2.05) is 38.2 Å². The molecular formula is C17H19NO. The third-order valence-corrected chi connectivity index (χ3v) is 3.26. The van der Waals surface area contributed by atoms with Crippen LogP contribution in [0.15, 0.2) is 48.5 Å². The van der Waals surface area contributed by atoms with Gasteiger partial charge in [-0.2, -0.15) is 0 Å². The average molecular weight is 253 g/mol. The molecule has 2 rings (SSSR count). The fourth-order valence-corrected chi connectivity index (χ4v) is 2.06. The van der Waals surface area contributed by atoms with Crippen molar-refractivity contribution in [3.63, 3.8) is 0 Å². The molecule has 0 atom stereocenters. The summed E-state index contributed by atoms with van der Waals surface area (Å²) >= 11 is 0. The van der Waals surface area contributed by atoms with Gasteiger partial charge in [0.25, 0.3) is 5.91 Å². The molecule has 0 aromatic heterocycles. The summed E-state index contributed by atoms with van der Waals surface area (Å²) < 4.78 is 0. The highest BCUT2D eigenvalue weighted by molar-refractivity contribution is 5.95. The van der Waals surface area contributed by atoms with E-state index in [1.54, 1.807) is 4.90 Å². The zero-order chi connectivity index (χ0) is 13.8. The zero-order valence-electron chi connectivity index (χ0n) is 11.7.